The molecular formula is C19H19FN2O2. The van der Waals surface area contributed by atoms with E-state index in [1.165, 1.54) is 24.3 Å². The van der Waals surface area contributed by atoms with Gasteiger partial charge in [-0.05, 0) is 42.7 Å². The van der Waals surface area contributed by atoms with Crippen LogP contribution in [0.25, 0.3) is 0 Å². The van der Waals surface area contributed by atoms with Crippen LogP contribution in [0.1, 0.15) is 28.8 Å². The molecule has 1 heterocycles. The first kappa shape index (κ1) is 16.2. The molecule has 3 rings (SSSR count). The average Bonchev–Trinajstić information content (AvgIpc) is 3.10. The Morgan fingerprint density at radius 3 is 2.50 bits per heavy atom. The zero-order valence-electron chi connectivity index (χ0n) is 13.2. The molecule has 0 aliphatic carbocycles. The van der Waals surface area contributed by atoms with E-state index in [0.717, 1.165) is 12.0 Å². The van der Waals surface area contributed by atoms with E-state index >= 15 is 0 Å². The Morgan fingerprint density at radius 1 is 1.08 bits per heavy atom. The summed E-state index contributed by atoms with van der Waals surface area (Å²) in [6, 6.07) is 14.6. The zero-order valence-corrected chi connectivity index (χ0v) is 13.2. The Kier molecular flexibility index (Phi) is 4.89. The van der Waals surface area contributed by atoms with E-state index in [-0.39, 0.29) is 17.6 Å². The normalized spacial score (nSPS) is 16.9. The highest BCUT2D eigenvalue weighted by Gasteiger charge is 2.34. The molecule has 1 atom stereocenters. The van der Waals surface area contributed by atoms with Gasteiger partial charge in [0.25, 0.3) is 5.91 Å². The summed E-state index contributed by atoms with van der Waals surface area (Å²) in [6.07, 6.45) is 1.43. The summed E-state index contributed by atoms with van der Waals surface area (Å²) in [5, 5.41) is 2.89. The van der Waals surface area contributed by atoms with Gasteiger partial charge in [0.15, 0.2) is 0 Å². The number of carbonyl (C=O) groups excluding carboxylic acids is 2. The molecule has 1 aliphatic heterocycles. The number of halogens is 1. The number of rotatable bonds is 4. The Balaban J connectivity index is 1.65. The smallest absolute Gasteiger partial charge is 0.254 e. The highest BCUT2D eigenvalue weighted by Crippen LogP contribution is 2.20. The first-order valence-electron chi connectivity index (χ1n) is 8.03. The molecule has 4 nitrogen and oxygen atoms in total. The van der Waals surface area contributed by atoms with Crippen LogP contribution in [0.15, 0.2) is 54.6 Å². The third-order valence-electron chi connectivity index (χ3n) is 4.22. The average molecular weight is 326 g/mol. The van der Waals surface area contributed by atoms with Crippen molar-refractivity contribution in [3.63, 3.8) is 0 Å². The fraction of sp³-hybridized carbons (Fsp3) is 0.263. The van der Waals surface area contributed by atoms with Crippen LogP contribution >= 0.6 is 0 Å². The SMILES string of the molecule is O=C(NCc1ccccc1)[C@@H]1CCCN1C(=O)c1ccc(F)cc1. The first-order chi connectivity index (χ1) is 11.6. The molecule has 0 unspecified atom stereocenters. The van der Waals surface area contributed by atoms with Gasteiger partial charge in [-0.2, -0.15) is 0 Å². The fourth-order valence-corrected chi connectivity index (χ4v) is 2.94. The van der Waals surface area contributed by atoms with E-state index in [9.17, 15) is 14.0 Å². The lowest BCUT2D eigenvalue weighted by atomic mass is 10.1. The molecule has 2 aromatic rings. The fourth-order valence-electron chi connectivity index (χ4n) is 2.94. The number of nitrogens with zero attached hydrogens (tertiary/aromatic N) is 1. The first-order valence-corrected chi connectivity index (χ1v) is 8.03. The number of carbonyl (C=O) groups is 2. The monoisotopic (exact) mass is 326 g/mol. The van der Waals surface area contributed by atoms with Crippen molar-refractivity contribution in [1.29, 1.82) is 0 Å². The van der Waals surface area contributed by atoms with Crippen molar-refractivity contribution in [2.45, 2.75) is 25.4 Å². The summed E-state index contributed by atoms with van der Waals surface area (Å²) >= 11 is 0. The third kappa shape index (κ3) is 3.62. The van der Waals surface area contributed by atoms with Crippen LogP contribution in [0.3, 0.4) is 0 Å². The summed E-state index contributed by atoms with van der Waals surface area (Å²) in [6.45, 7) is 0.981. The molecule has 1 N–H and O–H groups in total. The Morgan fingerprint density at radius 2 is 1.79 bits per heavy atom. The maximum atomic E-state index is 13.0. The Bertz CT molecular complexity index is 716. The largest absolute Gasteiger partial charge is 0.350 e. The van der Waals surface area contributed by atoms with Gasteiger partial charge in [0, 0.05) is 18.7 Å². The molecule has 0 spiro atoms. The van der Waals surface area contributed by atoms with Gasteiger partial charge in [0.1, 0.15) is 11.9 Å². The van der Waals surface area contributed by atoms with E-state index in [1.54, 1.807) is 4.90 Å². The van der Waals surface area contributed by atoms with Crippen LogP contribution in [-0.4, -0.2) is 29.3 Å². The van der Waals surface area contributed by atoms with Gasteiger partial charge in [0.05, 0.1) is 0 Å². The minimum absolute atomic E-state index is 0.146. The summed E-state index contributed by atoms with van der Waals surface area (Å²) in [5.41, 5.74) is 1.42. The summed E-state index contributed by atoms with van der Waals surface area (Å²) in [5.74, 6) is -0.760. The second kappa shape index (κ2) is 7.25. The number of hydrogen-bond acceptors (Lipinski definition) is 2. The van der Waals surface area contributed by atoms with E-state index in [4.69, 9.17) is 0 Å². The lowest BCUT2D eigenvalue weighted by Gasteiger charge is -2.24. The van der Waals surface area contributed by atoms with Crippen molar-refractivity contribution >= 4 is 11.8 Å². The van der Waals surface area contributed by atoms with Gasteiger partial charge in [-0.15, -0.1) is 0 Å². The van der Waals surface area contributed by atoms with Gasteiger partial charge in [-0.3, -0.25) is 9.59 Å². The number of amides is 2. The number of hydrogen-bond donors (Lipinski definition) is 1. The molecule has 124 valence electrons. The lowest BCUT2D eigenvalue weighted by Crippen LogP contribution is -2.45. The van der Waals surface area contributed by atoms with Gasteiger partial charge >= 0.3 is 0 Å². The molecule has 0 aromatic heterocycles. The van der Waals surface area contributed by atoms with Gasteiger partial charge in [-0.1, -0.05) is 30.3 Å². The molecule has 1 aliphatic rings. The van der Waals surface area contributed by atoms with Crippen LogP contribution in [0.4, 0.5) is 4.39 Å². The van der Waals surface area contributed by atoms with Crippen molar-refractivity contribution in [2.75, 3.05) is 6.54 Å². The van der Waals surface area contributed by atoms with E-state index in [2.05, 4.69) is 5.32 Å². The topological polar surface area (TPSA) is 49.4 Å². The molecule has 0 bridgehead atoms. The second-order valence-corrected chi connectivity index (χ2v) is 5.87. The Hall–Kier alpha value is -2.69. The molecule has 2 aromatic carbocycles. The van der Waals surface area contributed by atoms with Crippen LogP contribution in [0.5, 0.6) is 0 Å². The number of benzene rings is 2. The number of likely N-dealkylation sites (tertiary alicyclic amines) is 1. The standard InChI is InChI=1S/C19H19FN2O2/c20-16-10-8-15(9-11-16)19(24)22-12-4-7-17(22)18(23)21-13-14-5-2-1-3-6-14/h1-3,5-6,8-11,17H,4,7,12-13H2,(H,21,23)/t17-/m0/s1. The van der Waals surface area contributed by atoms with Crippen LogP contribution < -0.4 is 5.32 Å². The number of nitrogens with one attached hydrogen (secondary N) is 1. The molecular weight excluding hydrogens is 307 g/mol. The molecule has 24 heavy (non-hydrogen) atoms. The minimum Gasteiger partial charge on any atom is -0.350 e. The maximum absolute atomic E-state index is 13.0. The van der Waals surface area contributed by atoms with Crippen molar-refractivity contribution in [1.82, 2.24) is 10.2 Å². The lowest BCUT2D eigenvalue weighted by molar-refractivity contribution is -0.125. The summed E-state index contributed by atoms with van der Waals surface area (Å²) in [7, 11) is 0. The molecule has 0 saturated carbocycles. The highest BCUT2D eigenvalue weighted by atomic mass is 19.1. The van der Waals surface area contributed by atoms with Crippen LogP contribution in [-0.2, 0) is 11.3 Å². The van der Waals surface area contributed by atoms with E-state index in [1.807, 2.05) is 30.3 Å². The summed E-state index contributed by atoms with van der Waals surface area (Å²) in [4.78, 5) is 26.6. The third-order valence-corrected chi connectivity index (χ3v) is 4.22. The molecule has 5 heteroatoms. The van der Waals surface area contributed by atoms with Crippen LogP contribution in [0, 0.1) is 5.82 Å². The van der Waals surface area contributed by atoms with Crippen molar-refractivity contribution in [3.8, 4) is 0 Å². The second-order valence-electron chi connectivity index (χ2n) is 5.87. The predicted molar refractivity (Wildman–Crippen MR) is 88.7 cm³/mol. The molecule has 1 fully saturated rings. The Labute approximate surface area is 140 Å². The van der Waals surface area contributed by atoms with Gasteiger partial charge in [0.2, 0.25) is 5.91 Å². The summed E-state index contributed by atoms with van der Waals surface area (Å²) < 4.78 is 13.0. The minimum atomic E-state index is -0.466. The molecule has 2 amide bonds. The van der Waals surface area contributed by atoms with E-state index < -0.39 is 6.04 Å². The quantitative estimate of drug-likeness (QED) is 0.939. The molecule has 0 radical (unpaired) electrons. The zero-order chi connectivity index (χ0) is 16.9. The van der Waals surface area contributed by atoms with Gasteiger partial charge in [-0.25, -0.2) is 4.39 Å². The predicted octanol–water partition coefficient (Wildman–Crippen LogP) is 2.75. The van der Waals surface area contributed by atoms with Crippen LogP contribution in [0.2, 0.25) is 0 Å². The molecule has 1 saturated heterocycles. The van der Waals surface area contributed by atoms with Gasteiger partial charge < -0.3 is 10.2 Å². The highest BCUT2D eigenvalue weighted by molar-refractivity contribution is 5.97. The van der Waals surface area contributed by atoms with Crippen molar-refractivity contribution < 1.29 is 14.0 Å². The van der Waals surface area contributed by atoms with E-state index in [0.29, 0.717) is 25.1 Å². The maximum Gasteiger partial charge on any atom is 0.254 e. The van der Waals surface area contributed by atoms with Crippen molar-refractivity contribution in [2.24, 2.45) is 0 Å². The van der Waals surface area contributed by atoms with Crippen molar-refractivity contribution in [3.05, 3.63) is 71.5 Å².